The molecule has 2 fully saturated rings. The number of alkyl halides is 3. The number of halogens is 5. The van der Waals surface area contributed by atoms with Crippen molar-refractivity contribution in [3.05, 3.63) is 58.4 Å². The van der Waals surface area contributed by atoms with Crippen molar-refractivity contribution in [3.8, 4) is 17.1 Å². The predicted octanol–water partition coefficient (Wildman–Crippen LogP) is 4.23. The molecular weight excluding hydrogens is 572 g/mol. The molecular formula is C26H21ClF4N6O4. The molecule has 0 bridgehead atoms. The third-order valence-corrected chi connectivity index (χ3v) is 7.75. The van der Waals surface area contributed by atoms with Crippen molar-refractivity contribution in [1.82, 2.24) is 24.9 Å². The smallest absolute Gasteiger partial charge is 0.451 e. The van der Waals surface area contributed by atoms with Crippen LogP contribution < -0.4 is 10.1 Å². The van der Waals surface area contributed by atoms with E-state index in [0.29, 0.717) is 46.5 Å². The zero-order valence-electron chi connectivity index (χ0n) is 21.0. The van der Waals surface area contributed by atoms with Gasteiger partial charge in [0.2, 0.25) is 5.82 Å². The van der Waals surface area contributed by atoms with E-state index in [0.717, 1.165) is 12.4 Å². The largest absolute Gasteiger partial charge is 0.456 e. The standard InChI is InChI=1S/C26H21ClF4N6O4/c27-13-5-16-23(37-25(35-16)41-18-9-40-20-17(38)8-39-21(18)20)36-22(13)34-15-2-1-10-3-11(4-14(28)19(10)15)12-6-32-24(33-7-12)26(29,30)31/h3-7,15,17-18,20-21,38H,1-2,8-9H2,(H2,34,35,36,37)/t15-,17+,18+,20+,21+/m0/s1. The fourth-order valence-electron chi connectivity index (χ4n) is 5.56. The van der Waals surface area contributed by atoms with Gasteiger partial charge in [-0.2, -0.15) is 18.2 Å². The number of benzene rings is 1. The number of aromatic amines is 1. The highest BCUT2D eigenvalue weighted by Crippen LogP contribution is 2.40. The number of fused-ring (bicyclic) bond motifs is 3. The minimum absolute atomic E-state index is 0.178. The first-order valence-electron chi connectivity index (χ1n) is 12.8. The normalized spacial score (nSPS) is 25.5. The molecule has 7 rings (SSSR count). The van der Waals surface area contributed by atoms with E-state index in [1.54, 1.807) is 12.1 Å². The predicted molar refractivity (Wildman–Crippen MR) is 136 cm³/mol. The number of ether oxygens (including phenoxy) is 3. The third-order valence-electron chi connectivity index (χ3n) is 7.47. The van der Waals surface area contributed by atoms with Gasteiger partial charge >= 0.3 is 6.18 Å². The molecule has 15 heteroatoms. The molecule has 3 aliphatic rings. The van der Waals surface area contributed by atoms with E-state index in [2.05, 4.69) is 30.2 Å². The highest BCUT2D eigenvalue weighted by atomic mass is 35.5. The minimum atomic E-state index is -4.66. The Morgan fingerprint density at radius 1 is 1.05 bits per heavy atom. The van der Waals surface area contributed by atoms with E-state index in [1.807, 2.05) is 0 Å². The average Bonchev–Trinajstić information content (AvgIpc) is 3.70. The second-order valence-corrected chi connectivity index (χ2v) is 10.5. The lowest BCUT2D eigenvalue weighted by molar-refractivity contribution is -0.144. The lowest BCUT2D eigenvalue weighted by atomic mass is 10.0. The number of aromatic nitrogens is 5. The summed E-state index contributed by atoms with van der Waals surface area (Å²) in [7, 11) is 0. The molecule has 1 aromatic carbocycles. The maximum atomic E-state index is 15.3. The molecule has 2 saturated heterocycles. The third kappa shape index (κ3) is 4.74. The summed E-state index contributed by atoms with van der Waals surface area (Å²) in [4.78, 5) is 18.7. The van der Waals surface area contributed by atoms with Gasteiger partial charge in [0.25, 0.3) is 6.01 Å². The molecule has 0 unspecified atom stereocenters. The molecule has 10 nitrogen and oxygen atoms in total. The summed E-state index contributed by atoms with van der Waals surface area (Å²) in [6.45, 7) is 0.419. The Bertz CT molecular complexity index is 1640. The Kier molecular flexibility index (Phi) is 6.26. The summed E-state index contributed by atoms with van der Waals surface area (Å²) in [6, 6.07) is 4.36. The van der Waals surface area contributed by atoms with Crippen LogP contribution in [0.15, 0.2) is 30.6 Å². The van der Waals surface area contributed by atoms with Crippen molar-refractivity contribution in [2.24, 2.45) is 0 Å². The summed E-state index contributed by atoms with van der Waals surface area (Å²) in [6.07, 6.45) is -3.53. The maximum Gasteiger partial charge on any atom is 0.451 e. The van der Waals surface area contributed by atoms with Crippen LogP contribution in [0, 0.1) is 5.82 Å². The number of H-pyrrole nitrogens is 1. The number of pyridine rings is 1. The van der Waals surface area contributed by atoms with Crippen molar-refractivity contribution < 1.29 is 36.9 Å². The lowest BCUT2D eigenvalue weighted by Crippen LogP contribution is -2.34. The number of hydrogen-bond acceptors (Lipinski definition) is 9. The molecule has 0 radical (unpaired) electrons. The SMILES string of the molecule is O[C@@H]1CO[C@H]2[C@@H]1OC[C@H]2Oc1nc2nc(N[C@H]3CCc4cc(-c5cnc(C(F)(F)F)nc5)cc(F)c43)c(Cl)cc2[nH]1. The number of aryl methyl sites for hydroxylation is 1. The quantitative estimate of drug-likeness (QED) is 0.292. The number of rotatable bonds is 5. The van der Waals surface area contributed by atoms with Crippen molar-refractivity contribution in [1.29, 1.82) is 0 Å². The number of aliphatic hydroxyl groups excluding tert-OH is 1. The van der Waals surface area contributed by atoms with Crippen LogP contribution in [0.5, 0.6) is 6.01 Å². The highest BCUT2D eigenvalue weighted by molar-refractivity contribution is 6.33. The summed E-state index contributed by atoms with van der Waals surface area (Å²) >= 11 is 6.50. The second-order valence-electron chi connectivity index (χ2n) is 10.1. The lowest BCUT2D eigenvalue weighted by Gasteiger charge is -2.17. The first-order chi connectivity index (χ1) is 19.6. The van der Waals surface area contributed by atoms with E-state index in [4.69, 9.17) is 25.8 Å². The molecule has 5 heterocycles. The molecule has 214 valence electrons. The van der Waals surface area contributed by atoms with Crippen LogP contribution >= 0.6 is 11.6 Å². The van der Waals surface area contributed by atoms with Crippen LogP contribution in [0.3, 0.4) is 0 Å². The molecule has 0 spiro atoms. The van der Waals surface area contributed by atoms with E-state index >= 15 is 4.39 Å². The Morgan fingerprint density at radius 3 is 2.61 bits per heavy atom. The summed E-state index contributed by atoms with van der Waals surface area (Å²) < 4.78 is 70.8. The number of nitrogens with zero attached hydrogens (tertiary/aromatic N) is 4. The monoisotopic (exact) mass is 592 g/mol. The van der Waals surface area contributed by atoms with Gasteiger partial charge in [-0.25, -0.2) is 19.3 Å². The van der Waals surface area contributed by atoms with Crippen LogP contribution in [0.1, 0.15) is 29.4 Å². The van der Waals surface area contributed by atoms with E-state index in [1.165, 1.54) is 6.07 Å². The fourth-order valence-corrected chi connectivity index (χ4v) is 5.76. The average molecular weight is 593 g/mol. The molecule has 0 amide bonds. The van der Waals surface area contributed by atoms with Gasteiger partial charge in [0, 0.05) is 23.5 Å². The topological polar surface area (TPSA) is 127 Å². The second kappa shape index (κ2) is 9.76. The number of hydrogen-bond donors (Lipinski definition) is 3. The van der Waals surface area contributed by atoms with E-state index < -0.39 is 48.3 Å². The van der Waals surface area contributed by atoms with Crippen LogP contribution in [0.25, 0.3) is 22.3 Å². The van der Waals surface area contributed by atoms with Gasteiger partial charge in [-0.1, -0.05) is 17.7 Å². The van der Waals surface area contributed by atoms with Gasteiger partial charge in [0.05, 0.1) is 29.8 Å². The van der Waals surface area contributed by atoms with Gasteiger partial charge in [0.1, 0.15) is 29.9 Å². The Morgan fingerprint density at radius 2 is 1.83 bits per heavy atom. The van der Waals surface area contributed by atoms with Crippen molar-refractivity contribution >= 4 is 28.6 Å². The van der Waals surface area contributed by atoms with Crippen LogP contribution in [-0.4, -0.2) is 67.7 Å². The Hall–Kier alpha value is -3.59. The van der Waals surface area contributed by atoms with Gasteiger partial charge < -0.3 is 29.6 Å². The molecule has 0 saturated carbocycles. The number of imidazole rings is 1. The number of nitrogens with one attached hydrogen (secondary N) is 2. The van der Waals surface area contributed by atoms with Gasteiger partial charge in [-0.05, 0) is 36.1 Å². The summed E-state index contributed by atoms with van der Waals surface area (Å²) in [5.74, 6) is -1.47. The van der Waals surface area contributed by atoms with Crippen LogP contribution in [0.4, 0.5) is 23.4 Å². The van der Waals surface area contributed by atoms with Gasteiger partial charge in [-0.15, -0.1) is 0 Å². The molecule has 4 aromatic rings. The molecule has 5 atom stereocenters. The molecule has 3 N–H and O–H groups in total. The summed E-state index contributed by atoms with van der Waals surface area (Å²) in [5, 5.41) is 13.4. The first-order valence-corrected chi connectivity index (χ1v) is 13.1. The van der Waals surface area contributed by atoms with Gasteiger partial charge in [-0.3, -0.25) is 0 Å². The van der Waals surface area contributed by atoms with Gasteiger partial charge in [0.15, 0.2) is 11.8 Å². The van der Waals surface area contributed by atoms with Crippen LogP contribution in [-0.2, 0) is 22.1 Å². The van der Waals surface area contributed by atoms with E-state index in [9.17, 15) is 18.3 Å². The van der Waals surface area contributed by atoms with Crippen molar-refractivity contribution in [2.45, 2.75) is 49.5 Å². The Labute approximate surface area is 234 Å². The number of aliphatic hydroxyl groups is 1. The molecule has 3 aromatic heterocycles. The fraction of sp³-hybridized carbons (Fsp3) is 0.385. The van der Waals surface area contributed by atoms with Crippen molar-refractivity contribution in [3.63, 3.8) is 0 Å². The minimum Gasteiger partial charge on any atom is -0.456 e. The summed E-state index contributed by atoms with van der Waals surface area (Å²) in [5.41, 5.74) is 2.65. The zero-order valence-corrected chi connectivity index (χ0v) is 21.7. The highest BCUT2D eigenvalue weighted by Gasteiger charge is 2.48. The molecule has 1 aliphatic carbocycles. The molecule has 41 heavy (non-hydrogen) atoms. The Balaban J connectivity index is 1.10. The molecule has 2 aliphatic heterocycles. The maximum absolute atomic E-state index is 15.3. The van der Waals surface area contributed by atoms with Crippen molar-refractivity contribution in [2.75, 3.05) is 18.5 Å². The van der Waals surface area contributed by atoms with E-state index in [-0.39, 0.29) is 29.8 Å². The zero-order chi connectivity index (χ0) is 28.5. The number of anilines is 1. The first kappa shape index (κ1) is 26.3. The van der Waals surface area contributed by atoms with Crippen LogP contribution in [0.2, 0.25) is 5.02 Å².